The molecule has 778 valence electrons. The van der Waals surface area contributed by atoms with Gasteiger partial charge in [-0.15, -0.1) is 0 Å². The molecule has 0 aromatic carbocycles. The summed E-state index contributed by atoms with van der Waals surface area (Å²) in [5.74, 6) is 0.322. The van der Waals surface area contributed by atoms with Gasteiger partial charge in [-0.25, -0.2) is 0 Å². The van der Waals surface area contributed by atoms with Crippen LogP contribution >= 0.6 is 0 Å². The molecule has 0 heterocycles. The Balaban J connectivity index is -0.0000000886. The summed E-state index contributed by atoms with van der Waals surface area (Å²) in [5, 5.41) is 34.5. The maximum absolute atomic E-state index is 8.76. The van der Waals surface area contributed by atoms with Crippen molar-refractivity contribution in [3.05, 3.63) is 0 Å². The van der Waals surface area contributed by atoms with Gasteiger partial charge in [-0.05, 0) is 290 Å². The fourth-order valence-electron chi connectivity index (χ4n) is 7.10. The van der Waals surface area contributed by atoms with E-state index >= 15 is 0 Å². The second kappa shape index (κ2) is 136. The summed E-state index contributed by atoms with van der Waals surface area (Å²) in [4.78, 5) is 0. The van der Waals surface area contributed by atoms with Crippen LogP contribution in [0.25, 0.3) is 0 Å². The number of ether oxygens (including phenoxy) is 20. The lowest BCUT2D eigenvalue weighted by molar-refractivity contribution is 0.00514. The molecule has 3 atom stereocenters. The molecule has 0 aliphatic heterocycles. The minimum atomic E-state index is -0.336. The van der Waals surface area contributed by atoms with Gasteiger partial charge in [0, 0.05) is 114 Å². The molecule has 0 rings (SSSR count). The first-order chi connectivity index (χ1) is 58.6. The van der Waals surface area contributed by atoms with Crippen LogP contribution in [0.5, 0.6) is 0 Å². The fourth-order valence-corrected chi connectivity index (χ4v) is 7.10. The summed E-state index contributed by atoms with van der Waals surface area (Å²) in [6.45, 7) is 96.7. The Morgan fingerprint density at radius 1 is 0.216 bits per heavy atom. The van der Waals surface area contributed by atoms with Gasteiger partial charge in [0.1, 0.15) is 0 Å². The van der Waals surface area contributed by atoms with Crippen LogP contribution in [0.3, 0.4) is 0 Å². The van der Waals surface area contributed by atoms with Crippen LogP contribution in [0.4, 0.5) is 0 Å². The summed E-state index contributed by atoms with van der Waals surface area (Å²) in [6, 6.07) is 0. The number of aliphatic hydroxyl groups is 4. The molecule has 0 saturated carbocycles. The molecule has 0 aliphatic rings. The Morgan fingerprint density at radius 3 is 0.704 bits per heavy atom. The monoisotopic (exact) mass is 1830 g/mol. The highest BCUT2D eigenvalue weighted by Gasteiger charge is 2.11. The summed E-state index contributed by atoms with van der Waals surface area (Å²) < 4.78 is 103. The van der Waals surface area contributed by atoms with Gasteiger partial charge in [0.2, 0.25) is 0 Å². The fraction of sp³-hybridized carbons (Fsp3) is 1.00. The summed E-state index contributed by atoms with van der Waals surface area (Å²) in [7, 11) is 6.76. The quantitative estimate of drug-likeness (QED) is 0.0412. The topological polar surface area (TPSA) is 266 Å². The van der Waals surface area contributed by atoms with E-state index in [1.807, 2.05) is 111 Å². The predicted molar refractivity (Wildman–Crippen MR) is 533 cm³/mol. The first kappa shape index (κ1) is 155. The highest BCUT2D eigenvalue weighted by atomic mass is 16.6. The zero-order valence-electron chi connectivity index (χ0n) is 91.6. The molecule has 0 radical (unpaired) electrons. The van der Waals surface area contributed by atoms with Gasteiger partial charge in [0.25, 0.3) is 0 Å². The van der Waals surface area contributed by atoms with Gasteiger partial charge in [-0.2, -0.15) is 0 Å². The molecule has 0 saturated heterocycles. The number of hydrogen-bond donors (Lipinski definition) is 4. The molecule has 0 spiro atoms. The van der Waals surface area contributed by atoms with Crippen LogP contribution in [0.15, 0.2) is 0 Å². The van der Waals surface area contributed by atoms with Crippen molar-refractivity contribution in [1.82, 2.24) is 0 Å². The van der Waals surface area contributed by atoms with Gasteiger partial charge in [-0.3, -0.25) is 0 Å². The lowest BCUT2D eigenvalue weighted by Gasteiger charge is -2.19. The molecule has 125 heavy (non-hydrogen) atoms. The normalized spacial score (nSPS) is 11.6. The third-order valence-electron chi connectivity index (χ3n) is 13.7. The first-order valence-electron chi connectivity index (χ1n) is 48.9. The average Bonchev–Trinajstić information content (AvgIpc) is 0.981. The standard InChI is InChI=1S/C8H18O3.4C8H18O2.2C8H18O.C7H16O2.2C7H16O.3C6H14O2.C6H14O/c1-8(2)11-7-6-10-5-4-9-3;1-8(2)10-7-5-4-6-9-3;1-8(2)10-7-5-3-4-6-9;1-4-8(5-9)6-10-7(2)3;1-4-5-9-6-7-10-8(2)3;1-7(2)9-6-8(3,4)5;1-4-5-6-7-9-8(2)3;1-7(2)9-6-4-5-8-3;2*1-4-5-6-8-7(2)3;1-6(2)8-5-4-7-3;2*1-5(2)8-4-6(3)7;1-4-5-7-6(2)3/h8H,4-7H2,1-3H3;8H,4-7H2,1-3H3;8-9H,3-7H2,1-2H3;7-9H,4-6H2,1-3H3;8H,4-7H2,1-3H3;7H,6H2,1-5H3;8H,4-7H2,1-3H3;7H,4-6H2,1-3H3;2*7H,4-6H2,1-3H3;6H,4-5H2,1-3H3;2*5-7H,4H2,1-3H3;6H,4-5H2,1-3H3/t;;;;;;;;;;;6-;;/m...........1../s1. The molecule has 4 N–H and O–H groups in total. The van der Waals surface area contributed by atoms with Crippen LogP contribution in [0, 0.1) is 11.3 Å². The minimum Gasteiger partial charge on any atom is -0.396 e. The maximum Gasteiger partial charge on any atom is 0.0745 e. The van der Waals surface area contributed by atoms with Gasteiger partial charge in [0.05, 0.1) is 177 Å². The molecule has 24 heteroatoms. The Kier molecular flexibility index (Phi) is 169. The van der Waals surface area contributed by atoms with Gasteiger partial charge in [0.15, 0.2) is 0 Å². The van der Waals surface area contributed by atoms with E-state index in [-0.39, 0.29) is 37.1 Å². The van der Waals surface area contributed by atoms with Crippen molar-refractivity contribution < 1.29 is 115 Å². The van der Waals surface area contributed by atoms with E-state index in [0.29, 0.717) is 145 Å². The maximum atomic E-state index is 8.76. The van der Waals surface area contributed by atoms with Gasteiger partial charge >= 0.3 is 0 Å². The molecule has 24 nitrogen and oxygen atoms in total. The van der Waals surface area contributed by atoms with E-state index in [2.05, 4.69) is 145 Å². The van der Waals surface area contributed by atoms with Crippen molar-refractivity contribution in [3.8, 4) is 0 Å². The SMILES string of the molecule is CC(C)OCC(C)(C)C.CC(C)OCCCCCO.CC(C)OC[C@@H](C)O.CC(O)COC(C)C.CCC(CO)COC(C)C.CCCCCOC(C)C.CCCCOC(C)C.CCCCOC(C)C.CCCOC(C)C.CCCOCCOC(C)C.COCCCCOC(C)C.COCCCOC(C)C.COCCOC(C)C.COCCOCCOC(C)C. The van der Waals surface area contributed by atoms with E-state index < -0.39 is 0 Å². The van der Waals surface area contributed by atoms with Gasteiger partial charge < -0.3 is 115 Å². The third kappa shape index (κ3) is 255. The van der Waals surface area contributed by atoms with Crippen LogP contribution in [0.1, 0.15) is 373 Å². The van der Waals surface area contributed by atoms with Crippen LogP contribution < -0.4 is 0 Å². The van der Waals surface area contributed by atoms with E-state index in [1.165, 1.54) is 44.9 Å². The summed E-state index contributed by atoms with van der Waals surface area (Å²) >= 11 is 0. The first-order valence-corrected chi connectivity index (χ1v) is 48.9. The number of methoxy groups -OCH3 is 4. The highest BCUT2D eigenvalue weighted by molar-refractivity contribution is 4.60. The zero-order chi connectivity index (χ0) is 99.7. The molecule has 0 aliphatic carbocycles. The predicted octanol–water partition coefficient (Wildman–Crippen LogP) is 23.1. The molecule has 0 aromatic rings. The van der Waals surface area contributed by atoms with Crippen LogP contribution in [-0.4, -0.2) is 305 Å². The number of rotatable bonds is 63. The van der Waals surface area contributed by atoms with Crippen LogP contribution in [0.2, 0.25) is 0 Å². The molecular weight excluding hydrogens is 1600 g/mol. The smallest absolute Gasteiger partial charge is 0.0745 e. The van der Waals surface area contributed by atoms with E-state index in [4.69, 9.17) is 115 Å². The minimum absolute atomic E-state index is 0.226. The van der Waals surface area contributed by atoms with E-state index in [0.717, 1.165) is 144 Å². The lowest BCUT2D eigenvalue weighted by atomic mass is 9.99. The molecular formula is C101H230O24. The Bertz CT molecular complexity index is 1530. The molecule has 0 amide bonds. The van der Waals surface area contributed by atoms with Crippen molar-refractivity contribution in [2.45, 2.75) is 470 Å². The van der Waals surface area contributed by atoms with Crippen molar-refractivity contribution in [1.29, 1.82) is 0 Å². The number of unbranched alkanes of at least 4 members (excludes halogenated alkanes) is 7. The van der Waals surface area contributed by atoms with E-state index in [9.17, 15) is 0 Å². The highest BCUT2D eigenvalue weighted by Crippen LogP contribution is 2.14. The Labute approximate surface area is 780 Å². The van der Waals surface area contributed by atoms with E-state index in [1.54, 1.807) is 42.3 Å². The lowest BCUT2D eigenvalue weighted by Crippen LogP contribution is -2.17. The second-order valence-electron chi connectivity index (χ2n) is 34.9. The largest absolute Gasteiger partial charge is 0.396 e. The number of aliphatic hydroxyl groups excluding tert-OH is 4. The van der Waals surface area contributed by atoms with Crippen molar-refractivity contribution >= 4 is 0 Å². The molecule has 0 fully saturated rings. The molecule has 2 unspecified atom stereocenters. The Morgan fingerprint density at radius 2 is 0.456 bits per heavy atom. The Hall–Kier alpha value is -0.960. The molecule has 0 bridgehead atoms. The summed E-state index contributed by atoms with van der Waals surface area (Å²) in [5.41, 5.74) is 0.310. The molecule has 0 aromatic heterocycles. The number of hydrogen-bond acceptors (Lipinski definition) is 24. The second-order valence-corrected chi connectivity index (χ2v) is 34.9. The third-order valence-corrected chi connectivity index (χ3v) is 13.7. The van der Waals surface area contributed by atoms with Crippen molar-refractivity contribution in [3.63, 3.8) is 0 Å². The van der Waals surface area contributed by atoms with Crippen molar-refractivity contribution in [2.24, 2.45) is 11.3 Å². The average molecular weight is 1830 g/mol. The van der Waals surface area contributed by atoms with Crippen molar-refractivity contribution in [2.75, 3.05) is 187 Å². The van der Waals surface area contributed by atoms with Gasteiger partial charge in [-0.1, -0.05) is 88.0 Å². The summed E-state index contributed by atoms with van der Waals surface area (Å²) in [6.07, 6.45) is 22.1. The zero-order valence-corrected chi connectivity index (χ0v) is 91.6. The van der Waals surface area contributed by atoms with Crippen LogP contribution in [-0.2, 0) is 94.7 Å².